The lowest BCUT2D eigenvalue weighted by Gasteiger charge is -2.13. The lowest BCUT2D eigenvalue weighted by molar-refractivity contribution is -0.0514. The number of hydrogen-bond acceptors (Lipinski definition) is 3. The molecule has 106 valence electrons. The van der Waals surface area contributed by atoms with Gasteiger partial charge in [0, 0.05) is 12.6 Å². The Kier molecular flexibility index (Phi) is 4.58. The predicted octanol–water partition coefficient (Wildman–Crippen LogP) is 3.18. The van der Waals surface area contributed by atoms with Crippen molar-refractivity contribution in [2.45, 2.75) is 39.5 Å². The molecule has 2 rings (SSSR count). The predicted molar refractivity (Wildman–Crippen MR) is 68.7 cm³/mol. The molecule has 2 atom stereocenters. The molecule has 19 heavy (non-hydrogen) atoms. The number of halogens is 2. The van der Waals surface area contributed by atoms with Gasteiger partial charge in [-0.1, -0.05) is 13.0 Å². The van der Waals surface area contributed by atoms with E-state index in [1.54, 1.807) is 12.1 Å². The van der Waals surface area contributed by atoms with Crippen molar-refractivity contribution >= 4 is 0 Å². The SMILES string of the molecule is CCOc1cc(CNC2CC2C)ccc1OC(F)F. The Balaban J connectivity index is 2.01. The van der Waals surface area contributed by atoms with Gasteiger partial charge in [-0.25, -0.2) is 0 Å². The van der Waals surface area contributed by atoms with Crippen molar-refractivity contribution in [1.29, 1.82) is 0 Å². The third-order valence-corrected chi connectivity index (χ3v) is 3.20. The van der Waals surface area contributed by atoms with Gasteiger partial charge in [-0.2, -0.15) is 8.78 Å². The summed E-state index contributed by atoms with van der Waals surface area (Å²) in [7, 11) is 0. The van der Waals surface area contributed by atoms with Gasteiger partial charge in [0.2, 0.25) is 0 Å². The Hall–Kier alpha value is -1.36. The highest BCUT2D eigenvalue weighted by Gasteiger charge is 2.31. The average Bonchev–Trinajstić information content (AvgIpc) is 3.05. The number of benzene rings is 1. The van der Waals surface area contributed by atoms with Crippen LogP contribution in [0.4, 0.5) is 8.78 Å². The molecule has 1 aliphatic carbocycles. The largest absolute Gasteiger partial charge is 0.490 e. The molecule has 1 aromatic carbocycles. The Morgan fingerprint density at radius 2 is 2.11 bits per heavy atom. The third kappa shape index (κ3) is 4.06. The molecule has 2 unspecified atom stereocenters. The number of nitrogens with one attached hydrogen (secondary N) is 1. The van der Waals surface area contributed by atoms with Gasteiger partial charge >= 0.3 is 6.61 Å². The van der Waals surface area contributed by atoms with E-state index in [0.29, 0.717) is 24.9 Å². The fourth-order valence-corrected chi connectivity index (χ4v) is 1.98. The summed E-state index contributed by atoms with van der Waals surface area (Å²) in [5, 5.41) is 3.41. The zero-order valence-corrected chi connectivity index (χ0v) is 11.2. The molecule has 0 saturated heterocycles. The first-order valence-electron chi connectivity index (χ1n) is 6.54. The van der Waals surface area contributed by atoms with E-state index in [1.165, 1.54) is 12.5 Å². The van der Waals surface area contributed by atoms with Gasteiger partial charge in [0.05, 0.1) is 6.61 Å². The highest BCUT2D eigenvalue weighted by Crippen LogP contribution is 2.32. The van der Waals surface area contributed by atoms with Crippen LogP contribution in [0, 0.1) is 5.92 Å². The van der Waals surface area contributed by atoms with Gasteiger partial charge in [-0.05, 0) is 37.0 Å². The highest BCUT2D eigenvalue weighted by molar-refractivity contribution is 5.43. The Labute approximate surface area is 111 Å². The maximum atomic E-state index is 12.3. The van der Waals surface area contributed by atoms with Crippen molar-refractivity contribution < 1.29 is 18.3 Å². The van der Waals surface area contributed by atoms with Crippen LogP contribution in [0.15, 0.2) is 18.2 Å². The summed E-state index contributed by atoms with van der Waals surface area (Å²) >= 11 is 0. The zero-order valence-electron chi connectivity index (χ0n) is 11.2. The lowest BCUT2D eigenvalue weighted by Crippen LogP contribution is -2.17. The van der Waals surface area contributed by atoms with Crippen LogP contribution in [0.25, 0.3) is 0 Å². The Morgan fingerprint density at radius 1 is 1.37 bits per heavy atom. The van der Waals surface area contributed by atoms with E-state index in [0.717, 1.165) is 11.5 Å². The van der Waals surface area contributed by atoms with E-state index >= 15 is 0 Å². The smallest absolute Gasteiger partial charge is 0.387 e. The van der Waals surface area contributed by atoms with Crippen molar-refractivity contribution in [2.75, 3.05) is 6.61 Å². The fraction of sp³-hybridized carbons (Fsp3) is 0.571. The summed E-state index contributed by atoms with van der Waals surface area (Å²) in [6, 6.07) is 5.64. The van der Waals surface area contributed by atoms with Crippen molar-refractivity contribution in [3.63, 3.8) is 0 Å². The first-order chi connectivity index (χ1) is 9.10. The van der Waals surface area contributed by atoms with Crippen LogP contribution in [-0.2, 0) is 6.54 Å². The maximum Gasteiger partial charge on any atom is 0.387 e. The number of hydrogen-bond donors (Lipinski definition) is 1. The van der Waals surface area contributed by atoms with Crippen molar-refractivity contribution in [3.05, 3.63) is 23.8 Å². The van der Waals surface area contributed by atoms with Gasteiger partial charge in [-0.3, -0.25) is 0 Å². The number of ether oxygens (including phenoxy) is 2. The summed E-state index contributed by atoms with van der Waals surface area (Å²) in [6.07, 6.45) is 1.20. The number of rotatable bonds is 7. The van der Waals surface area contributed by atoms with E-state index in [9.17, 15) is 8.78 Å². The molecule has 1 aromatic rings. The summed E-state index contributed by atoms with van der Waals surface area (Å²) in [6.45, 7) is 2.29. The molecule has 1 saturated carbocycles. The minimum Gasteiger partial charge on any atom is -0.490 e. The molecule has 5 heteroatoms. The first kappa shape index (κ1) is 14.1. The molecular weight excluding hydrogens is 252 g/mol. The summed E-state index contributed by atoms with van der Waals surface area (Å²) in [5.74, 6) is 1.18. The van der Waals surface area contributed by atoms with Crippen LogP contribution < -0.4 is 14.8 Å². The normalized spacial score (nSPS) is 21.5. The Bertz CT molecular complexity index is 426. The molecule has 0 heterocycles. The molecule has 1 fully saturated rings. The van der Waals surface area contributed by atoms with Crippen LogP contribution >= 0.6 is 0 Å². The molecule has 0 amide bonds. The minimum atomic E-state index is -2.84. The second-order valence-electron chi connectivity index (χ2n) is 4.79. The maximum absolute atomic E-state index is 12.3. The van der Waals surface area contributed by atoms with Crippen LogP contribution in [0.5, 0.6) is 11.5 Å². The third-order valence-electron chi connectivity index (χ3n) is 3.20. The van der Waals surface area contributed by atoms with Crippen LogP contribution in [0.1, 0.15) is 25.8 Å². The molecule has 0 radical (unpaired) electrons. The molecular formula is C14H19F2NO2. The first-order valence-corrected chi connectivity index (χ1v) is 6.54. The van der Waals surface area contributed by atoms with E-state index in [2.05, 4.69) is 17.0 Å². The van der Waals surface area contributed by atoms with Gasteiger partial charge in [0.1, 0.15) is 0 Å². The minimum absolute atomic E-state index is 0.0837. The van der Waals surface area contributed by atoms with E-state index in [1.807, 2.05) is 6.92 Å². The van der Waals surface area contributed by atoms with Crippen LogP contribution in [0.3, 0.4) is 0 Å². The van der Waals surface area contributed by atoms with Gasteiger partial charge < -0.3 is 14.8 Å². The van der Waals surface area contributed by atoms with Gasteiger partial charge in [-0.15, -0.1) is 0 Å². The molecule has 3 nitrogen and oxygen atoms in total. The van der Waals surface area contributed by atoms with E-state index in [-0.39, 0.29) is 5.75 Å². The van der Waals surface area contributed by atoms with Gasteiger partial charge in [0.15, 0.2) is 11.5 Å². The van der Waals surface area contributed by atoms with E-state index < -0.39 is 6.61 Å². The summed E-state index contributed by atoms with van der Waals surface area (Å²) in [5.41, 5.74) is 1.00. The van der Waals surface area contributed by atoms with Crippen molar-refractivity contribution in [3.8, 4) is 11.5 Å². The van der Waals surface area contributed by atoms with Gasteiger partial charge in [0.25, 0.3) is 0 Å². The molecule has 0 spiro atoms. The molecule has 0 bridgehead atoms. The molecule has 0 aromatic heterocycles. The quantitative estimate of drug-likeness (QED) is 0.826. The summed E-state index contributed by atoms with van der Waals surface area (Å²) < 4.78 is 34.3. The Morgan fingerprint density at radius 3 is 2.68 bits per heavy atom. The second-order valence-corrected chi connectivity index (χ2v) is 4.79. The fourth-order valence-electron chi connectivity index (χ4n) is 1.98. The monoisotopic (exact) mass is 271 g/mol. The average molecular weight is 271 g/mol. The van der Waals surface area contributed by atoms with Crippen LogP contribution in [-0.4, -0.2) is 19.3 Å². The standard InChI is InChI=1S/C14H19F2NO2/c1-3-18-13-7-10(8-17-11-6-9(11)2)4-5-12(13)19-14(15)16/h4-5,7,9,11,14,17H,3,6,8H2,1-2H3. The number of alkyl halides is 2. The topological polar surface area (TPSA) is 30.5 Å². The van der Waals surface area contributed by atoms with Crippen molar-refractivity contribution in [2.24, 2.45) is 5.92 Å². The molecule has 1 N–H and O–H groups in total. The van der Waals surface area contributed by atoms with Crippen molar-refractivity contribution in [1.82, 2.24) is 5.32 Å². The lowest BCUT2D eigenvalue weighted by atomic mass is 10.2. The summed E-state index contributed by atoms with van der Waals surface area (Å²) in [4.78, 5) is 0. The van der Waals surface area contributed by atoms with Crippen LogP contribution in [0.2, 0.25) is 0 Å². The highest BCUT2D eigenvalue weighted by atomic mass is 19.3. The zero-order chi connectivity index (χ0) is 13.8. The molecule has 0 aliphatic heterocycles. The second kappa shape index (κ2) is 6.19. The molecule has 1 aliphatic rings. The van der Waals surface area contributed by atoms with E-state index in [4.69, 9.17) is 4.74 Å².